The van der Waals surface area contributed by atoms with Crippen LogP contribution in [0.1, 0.15) is 25.1 Å². The number of sulfonamides is 1. The minimum absolute atomic E-state index is 0.125. The lowest BCUT2D eigenvalue weighted by molar-refractivity contribution is -0.133. The molecule has 1 saturated heterocycles. The highest BCUT2D eigenvalue weighted by atomic mass is 32.2. The molecular formula is C20H25N7O4S. The van der Waals surface area contributed by atoms with E-state index in [-0.39, 0.29) is 49.2 Å². The van der Waals surface area contributed by atoms with Gasteiger partial charge >= 0.3 is 5.69 Å². The van der Waals surface area contributed by atoms with E-state index in [2.05, 4.69) is 15.1 Å². The van der Waals surface area contributed by atoms with Gasteiger partial charge in [-0.1, -0.05) is 6.42 Å². The maximum absolute atomic E-state index is 13.1. The quantitative estimate of drug-likeness (QED) is 0.593. The van der Waals surface area contributed by atoms with E-state index in [4.69, 9.17) is 0 Å². The first-order chi connectivity index (χ1) is 15.4. The average Bonchev–Trinajstić information content (AvgIpc) is 3.27. The van der Waals surface area contributed by atoms with Crippen molar-refractivity contribution >= 4 is 27.0 Å². The Morgan fingerprint density at radius 1 is 1.09 bits per heavy atom. The van der Waals surface area contributed by atoms with Crippen LogP contribution in [-0.4, -0.2) is 74.0 Å². The molecule has 0 atom stereocenters. The maximum Gasteiger partial charge on any atom is 0.346 e. The Balaban J connectivity index is 1.26. The lowest BCUT2D eigenvalue weighted by atomic mass is 10.2. The second kappa shape index (κ2) is 8.17. The molecule has 0 unspecified atom stereocenters. The molecule has 0 saturated carbocycles. The van der Waals surface area contributed by atoms with E-state index in [1.807, 2.05) is 0 Å². The first-order valence-electron chi connectivity index (χ1n) is 10.8. The van der Waals surface area contributed by atoms with Crippen molar-refractivity contribution in [1.82, 2.24) is 33.5 Å². The molecular weight excluding hydrogens is 434 g/mol. The number of pyridine rings is 1. The second-order valence-electron chi connectivity index (χ2n) is 8.16. The van der Waals surface area contributed by atoms with Crippen LogP contribution < -0.4 is 5.69 Å². The Morgan fingerprint density at radius 3 is 2.72 bits per heavy atom. The smallest absolute Gasteiger partial charge is 0.345 e. The van der Waals surface area contributed by atoms with Gasteiger partial charge in [-0.3, -0.25) is 9.36 Å². The van der Waals surface area contributed by atoms with E-state index in [1.165, 1.54) is 15.2 Å². The van der Waals surface area contributed by atoms with E-state index in [0.717, 1.165) is 31.5 Å². The van der Waals surface area contributed by atoms with Crippen molar-refractivity contribution in [1.29, 1.82) is 0 Å². The first-order valence-corrected chi connectivity index (χ1v) is 12.3. The van der Waals surface area contributed by atoms with Crippen molar-refractivity contribution in [3.8, 4) is 0 Å². The van der Waals surface area contributed by atoms with Crippen LogP contribution in [0.4, 0.5) is 0 Å². The van der Waals surface area contributed by atoms with E-state index in [1.54, 1.807) is 27.8 Å². The molecule has 170 valence electrons. The summed E-state index contributed by atoms with van der Waals surface area (Å²) in [5, 5.41) is 4.91. The van der Waals surface area contributed by atoms with Gasteiger partial charge in [-0.2, -0.15) is 9.40 Å². The molecule has 32 heavy (non-hydrogen) atoms. The average molecular weight is 460 g/mol. The van der Waals surface area contributed by atoms with Crippen LogP contribution in [-0.2, 0) is 34.3 Å². The maximum atomic E-state index is 13.1. The van der Waals surface area contributed by atoms with Crippen molar-refractivity contribution in [2.75, 3.05) is 26.2 Å². The highest BCUT2D eigenvalue weighted by Crippen LogP contribution is 2.25. The summed E-state index contributed by atoms with van der Waals surface area (Å²) in [5.74, 6) is 0.512. The Kier molecular flexibility index (Phi) is 5.33. The Labute approximate surface area is 184 Å². The predicted octanol–water partition coefficient (Wildman–Crippen LogP) is 0.181. The van der Waals surface area contributed by atoms with Gasteiger partial charge < -0.3 is 9.88 Å². The molecule has 0 aromatic carbocycles. The molecule has 1 amide bonds. The van der Waals surface area contributed by atoms with Crippen LogP contribution in [0, 0.1) is 0 Å². The Morgan fingerprint density at radius 2 is 1.91 bits per heavy atom. The van der Waals surface area contributed by atoms with E-state index >= 15 is 0 Å². The number of carbonyl (C=O) groups excluding carboxylic acids is 1. The summed E-state index contributed by atoms with van der Waals surface area (Å²) in [5.41, 5.74) is 0.271. The van der Waals surface area contributed by atoms with Gasteiger partial charge in [0.15, 0.2) is 0 Å². The number of nitrogens with one attached hydrogen (secondary N) is 1. The summed E-state index contributed by atoms with van der Waals surface area (Å²) in [4.78, 5) is 34.2. The van der Waals surface area contributed by atoms with Gasteiger partial charge in [-0.05, 0) is 25.0 Å². The van der Waals surface area contributed by atoms with E-state index < -0.39 is 10.0 Å². The lowest BCUT2D eigenvalue weighted by Gasteiger charge is -2.33. The summed E-state index contributed by atoms with van der Waals surface area (Å²) in [6, 6.07) is 3.42. The molecule has 0 aliphatic carbocycles. The molecule has 0 spiro atoms. The number of amides is 1. The number of aromatic nitrogens is 5. The van der Waals surface area contributed by atoms with E-state index in [0.29, 0.717) is 17.6 Å². The van der Waals surface area contributed by atoms with Gasteiger partial charge in [0, 0.05) is 56.9 Å². The van der Waals surface area contributed by atoms with Gasteiger partial charge in [0.1, 0.15) is 22.9 Å². The molecule has 0 radical (unpaired) electrons. The van der Waals surface area contributed by atoms with E-state index in [9.17, 15) is 18.0 Å². The zero-order valence-electron chi connectivity index (χ0n) is 17.6. The molecule has 1 N–H and O–H groups in total. The number of aryl methyl sites for hydroxylation is 1. The van der Waals surface area contributed by atoms with Gasteiger partial charge in [0.2, 0.25) is 15.9 Å². The summed E-state index contributed by atoms with van der Waals surface area (Å²) < 4.78 is 30.6. The number of piperazine rings is 1. The molecule has 12 heteroatoms. The summed E-state index contributed by atoms with van der Waals surface area (Å²) >= 11 is 0. The monoisotopic (exact) mass is 459 g/mol. The molecule has 0 bridgehead atoms. The molecule has 3 aromatic rings. The van der Waals surface area contributed by atoms with Crippen molar-refractivity contribution < 1.29 is 13.2 Å². The highest BCUT2D eigenvalue weighted by Gasteiger charge is 2.32. The lowest BCUT2D eigenvalue weighted by Crippen LogP contribution is -2.51. The van der Waals surface area contributed by atoms with Crippen LogP contribution in [0.2, 0.25) is 0 Å². The fraction of sp³-hybridized carbons (Fsp3) is 0.500. The number of hydrogen-bond acceptors (Lipinski definition) is 6. The normalized spacial score (nSPS) is 17.9. The van der Waals surface area contributed by atoms with Gasteiger partial charge in [-0.25, -0.2) is 22.9 Å². The molecule has 5 rings (SSSR count). The van der Waals surface area contributed by atoms with Crippen LogP contribution in [0.25, 0.3) is 11.0 Å². The van der Waals surface area contributed by atoms with Gasteiger partial charge in [-0.15, -0.1) is 0 Å². The molecule has 3 aromatic heterocycles. The zero-order valence-corrected chi connectivity index (χ0v) is 18.4. The third kappa shape index (κ3) is 3.62. The minimum Gasteiger partial charge on any atom is -0.345 e. The number of rotatable bonds is 4. The summed E-state index contributed by atoms with van der Waals surface area (Å²) in [6.07, 6.45) is 6.81. The minimum atomic E-state index is -3.71. The van der Waals surface area contributed by atoms with Crippen LogP contribution in [0.3, 0.4) is 0 Å². The molecule has 2 aliphatic heterocycles. The van der Waals surface area contributed by atoms with Gasteiger partial charge in [0.25, 0.3) is 0 Å². The number of nitrogens with zero attached hydrogens (tertiary/aromatic N) is 6. The van der Waals surface area contributed by atoms with Crippen molar-refractivity contribution in [2.24, 2.45) is 0 Å². The summed E-state index contributed by atoms with van der Waals surface area (Å²) in [7, 11) is -3.71. The standard InChI is InChI=1S/C20H25N7O4S/c28-18(14-27-20(29)26-8-3-1-2-6-17(26)23-27)24-9-11-25(12-10-24)32(30,31)16-13-22-19-15(16)5-4-7-21-19/h4-5,7,13H,1-3,6,8-12,14H2,(H,21,22). The van der Waals surface area contributed by atoms with Crippen LogP contribution in [0.5, 0.6) is 0 Å². The fourth-order valence-electron chi connectivity index (χ4n) is 4.42. The number of hydrogen-bond donors (Lipinski definition) is 1. The fourth-order valence-corrected chi connectivity index (χ4v) is 5.99. The zero-order chi connectivity index (χ0) is 22.3. The molecule has 11 nitrogen and oxygen atoms in total. The van der Waals surface area contributed by atoms with Crippen LogP contribution >= 0.6 is 0 Å². The molecule has 2 aliphatic rings. The highest BCUT2D eigenvalue weighted by molar-refractivity contribution is 7.89. The number of aromatic amines is 1. The first kappa shape index (κ1) is 20.9. The SMILES string of the molecule is O=C(Cn1nc2n(c1=O)CCCCC2)N1CCN(S(=O)(=O)c2c[nH]c3ncccc23)CC1. The topological polar surface area (TPSA) is 126 Å². The third-order valence-electron chi connectivity index (χ3n) is 6.19. The predicted molar refractivity (Wildman–Crippen MR) is 115 cm³/mol. The largest absolute Gasteiger partial charge is 0.346 e. The number of carbonyl (C=O) groups is 1. The molecule has 1 fully saturated rings. The number of fused-ring (bicyclic) bond motifs is 2. The second-order valence-corrected chi connectivity index (χ2v) is 10.1. The Hall–Kier alpha value is -2.99. The van der Waals surface area contributed by atoms with Crippen molar-refractivity contribution in [3.63, 3.8) is 0 Å². The van der Waals surface area contributed by atoms with Crippen molar-refractivity contribution in [2.45, 2.75) is 43.7 Å². The van der Waals surface area contributed by atoms with Crippen molar-refractivity contribution in [3.05, 3.63) is 40.8 Å². The van der Waals surface area contributed by atoms with Crippen LogP contribution in [0.15, 0.2) is 34.2 Å². The summed E-state index contributed by atoms with van der Waals surface area (Å²) in [6.45, 7) is 1.43. The van der Waals surface area contributed by atoms with Gasteiger partial charge in [0.05, 0.1) is 0 Å². The molecule has 5 heterocycles. The third-order valence-corrected chi connectivity index (χ3v) is 8.13. The number of H-pyrrole nitrogens is 1. The Bertz CT molecular complexity index is 1320.